The van der Waals surface area contributed by atoms with E-state index in [2.05, 4.69) is 6.92 Å². The molecule has 0 radical (unpaired) electrons. The Morgan fingerprint density at radius 2 is 1.94 bits per heavy atom. The fraction of sp³-hybridized carbons (Fsp3) is 0.429. The van der Waals surface area contributed by atoms with Gasteiger partial charge in [0.2, 0.25) is 0 Å². The number of hydrogen-bond donors (Lipinski definition) is 1. The van der Waals surface area contributed by atoms with Gasteiger partial charge in [-0.1, -0.05) is 37.3 Å². The molecule has 0 spiro atoms. The van der Waals surface area contributed by atoms with Crippen LogP contribution in [0.25, 0.3) is 0 Å². The normalized spacial score (nSPS) is 23.7. The molecule has 2 rings (SSSR count). The van der Waals surface area contributed by atoms with Crippen molar-refractivity contribution in [3.05, 3.63) is 35.9 Å². The molecule has 1 aromatic rings. The number of primary amides is 1. The van der Waals surface area contributed by atoms with Crippen LogP contribution in [0.1, 0.15) is 31.4 Å². The molecule has 0 aliphatic carbocycles. The van der Waals surface area contributed by atoms with Crippen molar-refractivity contribution in [3.8, 4) is 0 Å². The summed E-state index contributed by atoms with van der Waals surface area (Å²) in [6.45, 7) is 2.71. The molecule has 4 nitrogen and oxygen atoms in total. The number of benzene rings is 1. The van der Waals surface area contributed by atoms with Gasteiger partial charge in [0.05, 0.1) is 6.04 Å². The first-order chi connectivity index (χ1) is 8.61. The zero-order valence-corrected chi connectivity index (χ0v) is 10.5. The summed E-state index contributed by atoms with van der Waals surface area (Å²) in [4.78, 5) is 24.6. The number of nitrogens with zero attached hydrogens (tertiary/aromatic N) is 1. The number of rotatable bonds is 1. The quantitative estimate of drug-likeness (QED) is 0.763. The van der Waals surface area contributed by atoms with Gasteiger partial charge in [-0.2, -0.15) is 0 Å². The highest BCUT2D eigenvalue weighted by molar-refractivity contribution is 6.34. The van der Waals surface area contributed by atoms with Crippen LogP contribution in [0, 0.1) is 5.92 Å². The lowest BCUT2D eigenvalue weighted by atomic mass is 9.86. The van der Waals surface area contributed by atoms with Gasteiger partial charge in [0, 0.05) is 6.54 Å². The van der Waals surface area contributed by atoms with Gasteiger partial charge in [0.1, 0.15) is 0 Å². The molecular weight excluding hydrogens is 228 g/mol. The van der Waals surface area contributed by atoms with Crippen molar-refractivity contribution >= 4 is 11.8 Å². The predicted molar refractivity (Wildman–Crippen MR) is 68.5 cm³/mol. The lowest BCUT2D eigenvalue weighted by Gasteiger charge is -2.39. The lowest BCUT2D eigenvalue weighted by Crippen LogP contribution is -2.47. The van der Waals surface area contributed by atoms with E-state index < -0.39 is 11.8 Å². The molecule has 2 atom stereocenters. The van der Waals surface area contributed by atoms with Crippen LogP contribution in [-0.4, -0.2) is 23.3 Å². The molecule has 0 bridgehead atoms. The van der Waals surface area contributed by atoms with Gasteiger partial charge in [0.25, 0.3) is 0 Å². The van der Waals surface area contributed by atoms with Gasteiger partial charge in [0.15, 0.2) is 0 Å². The first kappa shape index (κ1) is 12.6. The van der Waals surface area contributed by atoms with Gasteiger partial charge in [-0.15, -0.1) is 0 Å². The second-order valence-corrected chi connectivity index (χ2v) is 4.84. The molecule has 1 aliphatic rings. The first-order valence-electron chi connectivity index (χ1n) is 6.26. The fourth-order valence-corrected chi connectivity index (χ4v) is 2.72. The van der Waals surface area contributed by atoms with Gasteiger partial charge in [-0.25, -0.2) is 0 Å². The van der Waals surface area contributed by atoms with Crippen LogP contribution >= 0.6 is 0 Å². The molecule has 1 fully saturated rings. The number of piperidine rings is 1. The molecule has 0 saturated carbocycles. The van der Waals surface area contributed by atoms with E-state index in [9.17, 15) is 9.59 Å². The maximum absolute atomic E-state index is 11.9. The van der Waals surface area contributed by atoms with E-state index in [1.165, 1.54) is 0 Å². The molecule has 2 N–H and O–H groups in total. The maximum Gasteiger partial charge on any atom is 0.312 e. The van der Waals surface area contributed by atoms with Crippen LogP contribution in [0.2, 0.25) is 0 Å². The van der Waals surface area contributed by atoms with Crippen LogP contribution in [0.15, 0.2) is 30.3 Å². The molecule has 1 saturated heterocycles. The smallest absolute Gasteiger partial charge is 0.312 e. The number of hydrogen-bond acceptors (Lipinski definition) is 2. The number of carbonyl (C=O) groups is 2. The van der Waals surface area contributed by atoms with Crippen molar-refractivity contribution in [2.45, 2.75) is 25.8 Å². The minimum absolute atomic E-state index is 0.0417. The third-order valence-corrected chi connectivity index (χ3v) is 3.55. The Labute approximate surface area is 107 Å². The molecule has 1 heterocycles. The van der Waals surface area contributed by atoms with Crippen molar-refractivity contribution in [2.24, 2.45) is 11.7 Å². The Hall–Kier alpha value is -1.84. The van der Waals surface area contributed by atoms with Gasteiger partial charge >= 0.3 is 11.8 Å². The topological polar surface area (TPSA) is 63.4 Å². The van der Waals surface area contributed by atoms with Crippen LogP contribution < -0.4 is 5.73 Å². The second kappa shape index (κ2) is 5.21. The Balaban J connectivity index is 2.32. The maximum atomic E-state index is 11.9. The van der Waals surface area contributed by atoms with Crippen molar-refractivity contribution in [1.29, 1.82) is 0 Å². The van der Waals surface area contributed by atoms with E-state index >= 15 is 0 Å². The van der Waals surface area contributed by atoms with Crippen molar-refractivity contribution < 1.29 is 9.59 Å². The van der Waals surface area contributed by atoms with E-state index in [0.29, 0.717) is 12.5 Å². The van der Waals surface area contributed by atoms with Crippen LogP contribution in [0.3, 0.4) is 0 Å². The average molecular weight is 246 g/mol. The zero-order chi connectivity index (χ0) is 13.1. The average Bonchev–Trinajstić information content (AvgIpc) is 2.38. The highest BCUT2D eigenvalue weighted by atomic mass is 16.2. The monoisotopic (exact) mass is 246 g/mol. The summed E-state index contributed by atoms with van der Waals surface area (Å²) in [5, 5.41) is 0. The molecule has 4 heteroatoms. The summed E-state index contributed by atoms with van der Waals surface area (Å²) in [5.74, 6) is -1.11. The summed E-state index contributed by atoms with van der Waals surface area (Å²) < 4.78 is 0. The first-order valence-corrected chi connectivity index (χ1v) is 6.26. The molecule has 96 valence electrons. The van der Waals surface area contributed by atoms with Crippen LogP contribution in [0.5, 0.6) is 0 Å². The highest BCUT2D eigenvalue weighted by Gasteiger charge is 2.34. The predicted octanol–water partition coefficient (Wildman–Crippen LogP) is 1.47. The summed E-state index contributed by atoms with van der Waals surface area (Å²) in [7, 11) is 0. The van der Waals surface area contributed by atoms with Crippen molar-refractivity contribution in [2.75, 3.05) is 6.54 Å². The Bertz CT molecular complexity index is 444. The fourth-order valence-electron chi connectivity index (χ4n) is 2.72. The molecule has 0 unspecified atom stereocenters. The lowest BCUT2D eigenvalue weighted by molar-refractivity contribution is -0.147. The molecule has 2 amide bonds. The molecule has 0 aromatic heterocycles. The van der Waals surface area contributed by atoms with E-state index in [4.69, 9.17) is 5.73 Å². The molecule has 1 aliphatic heterocycles. The van der Waals surface area contributed by atoms with Crippen LogP contribution in [0.4, 0.5) is 0 Å². The van der Waals surface area contributed by atoms with Gasteiger partial charge < -0.3 is 10.6 Å². The molecule has 18 heavy (non-hydrogen) atoms. The van der Waals surface area contributed by atoms with Crippen molar-refractivity contribution in [1.82, 2.24) is 4.90 Å². The van der Waals surface area contributed by atoms with E-state index in [1.807, 2.05) is 30.3 Å². The molecular formula is C14H18N2O2. The van der Waals surface area contributed by atoms with E-state index in [-0.39, 0.29) is 6.04 Å². The zero-order valence-electron chi connectivity index (χ0n) is 10.5. The third kappa shape index (κ3) is 2.37. The third-order valence-electron chi connectivity index (χ3n) is 3.55. The van der Waals surface area contributed by atoms with Crippen molar-refractivity contribution in [3.63, 3.8) is 0 Å². The number of amides is 2. The van der Waals surface area contributed by atoms with Gasteiger partial charge in [-0.05, 0) is 24.3 Å². The summed E-state index contributed by atoms with van der Waals surface area (Å²) >= 11 is 0. The van der Waals surface area contributed by atoms with E-state index in [1.54, 1.807) is 4.90 Å². The standard InChI is InChI=1S/C14H18N2O2/c1-10-6-5-9-16(14(18)13(15)17)12(10)11-7-3-2-4-8-11/h2-4,7-8,10,12H,5-6,9H2,1H3,(H2,15,17)/t10-,12-/m1/s1. The minimum Gasteiger partial charge on any atom is -0.361 e. The number of nitrogens with two attached hydrogens (primary N) is 1. The second-order valence-electron chi connectivity index (χ2n) is 4.84. The summed E-state index contributed by atoms with van der Waals surface area (Å²) in [6, 6.07) is 9.78. The Morgan fingerprint density at radius 3 is 2.56 bits per heavy atom. The number of carbonyl (C=O) groups excluding carboxylic acids is 2. The molecule has 1 aromatic carbocycles. The van der Waals surface area contributed by atoms with Crippen LogP contribution in [-0.2, 0) is 9.59 Å². The Kier molecular flexibility index (Phi) is 3.65. The minimum atomic E-state index is -0.870. The van der Waals surface area contributed by atoms with Gasteiger partial charge in [-0.3, -0.25) is 9.59 Å². The number of likely N-dealkylation sites (tertiary alicyclic amines) is 1. The summed E-state index contributed by atoms with van der Waals surface area (Å²) in [5.41, 5.74) is 6.19. The highest BCUT2D eigenvalue weighted by Crippen LogP contribution is 2.35. The van der Waals surface area contributed by atoms with E-state index in [0.717, 1.165) is 18.4 Å². The Morgan fingerprint density at radius 1 is 1.28 bits per heavy atom. The largest absolute Gasteiger partial charge is 0.361 e. The SMILES string of the molecule is C[C@@H]1CCCN(C(=O)C(N)=O)[C@H]1c1ccccc1. The summed E-state index contributed by atoms with van der Waals surface area (Å²) in [6.07, 6.45) is 1.98.